The Labute approximate surface area is 144 Å². The molecule has 1 aliphatic rings. The van der Waals surface area contributed by atoms with Gasteiger partial charge < -0.3 is 10.6 Å². The molecule has 2 rings (SSSR count). The minimum atomic E-state index is -3.48. The molecule has 8 heteroatoms. The van der Waals surface area contributed by atoms with Gasteiger partial charge in [-0.2, -0.15) is 4.31 Å². The second-order valence-corrected chi connectivity index (χ2v) is 7.75. The van der Waals surface area contributed by atoms with Gasteiger partial charge in [-0.1, -0.05) is 32.0 Å². The minimum Gasteiger partial charge on any atom is -0.339 e. The molecule has 1 aromatic rings. The molecule has 0 aliphatic carbocycles. The summed E-state index contributed by atoms with van der Waals surface area (Å²) < 4.78 is 26.4. The van der Waals surface area contributed by atoms with Crippen LogP contribution in [0.1, 0.15) is 13.8 Å². The largest absolute Gasteiger partial charge is 0.339 e. The number of amides is 1. The van der Waals surface area contributed by atoms with Crippen LogP contribution in [0.2, 0.25) is 0 Å². The summed E-state index contributed by atoms with van der Waals surface area (Å²) in [6.07, 6.45) is 0. The summed E-state index contributed by atoms with van der Waals surface area (Å²) in [6.45, 7) is 5.16. The first-order chi connectivity index (χ1) is 10.3. The van der Waals surface area contributed by atoms with Crippen LogP contribution in [0.4, 0.5) is 0 Å². The average molecular weight is 362 g/mol. The van der Waals surface area contributed by atoms with Gasteiger partial charge in [0.1, 0.15) is 0 Å². The van der Waals surface area contributed by atoms with E-state index in [9.17, 15) is 13.2 Å². The Bertz CT molecular complexity index is 614. The molecule has 1 unspecified atom stereocenters. The van der Waals surface area contributed by atoms with Gasteiger partial charge in [0.2, 0.25) is 15.9 Å². The Morgan fingerprint density at radius 3 is 2.09 bits per heavy atom. The van der Waals surface area contributed by atoms with Gasteiger partial charge in [0.05, 0.1) is 10.9 Å². The molecule has 1 saturated heterocycles. The summed E-state index contributed by atoms with van der Waals surface area (Å²) in [6, 6.07) is 7.83. The third kappa shape index (κ3) is 4.44. The Balaban J connectivity index is 0.00000264. The first-order valence-electron chi connectivity index (χ1n) is 7.43. The number of sulfonamides is 1. The molecule has 2 N–H and O–H groups in total. The van der Waals surface area contributed by atoms with Crippen LogP contribution in [0.15, 0.2) is 35.2 Å². The molecule has 0 spiro atoms. The van der Waals surface area contributed by atoms with Crippen LogP contribution in [0.3, 0.4) is 0 Å². The van der Waals surface area contributed by atoms with Gasteiger partial charge >= 0.3 is 0 Å². The van der Waals surface area contributed by atoms with E-state index in [0.717, 1.165) is 0 Å². The molecule has 0 bridgehead atoms. The Morgan fingerprint density at radius 2 is 1.61 bits per heavy atom. The lowest BCUT2D eigenvalue weighted by Crippen LogP contribution is -2.55. The zero-order valence-electron chi connectivity index (χ0n) is 13.4. The number of hydrogen-bond acceptors (Lipinski definition) is 4. The fraction of sp³-hybridized carbons (Fsp3) is 0.533. The maximum Gasteiger partial charge on any atom is 0.243 e. The molecule has 0 radical (unpaired) electrons. The Hall–Kier alpha value is -1.15. The minimum absolute atomic E-state index is 0. The SMILES string of the molecule is CC(C)C(N)C(=O)N1CCN(S(=O)(=O)c2ccccc2)CC1.Cl. The zero-order valence-corrected chi connectivity index (χ0v) is 15.0. The average Bonchev–Trinajstić information content (AvgIpc) is 2.54. The van der Waals surface area contributed by atoms with Crippen molar-refractivity contribution < 1.29 is 13.2 Å². The van der Waals surface area contributed by atoms with E-state index in [1.165, 1.54) is 4.31 Å². The third-order valence-electron chi connectivity index (χ3n) is 3.93. The normalized spacial score (nSPS) is 17.7. The molecule has 1 amide bonds. The van der Waals surface area contributed by atoms with Crippen LogP contribution in [-0.2, 0) is 14.8 Å². The number of piperazine rings is 1. The molecule has 1 atom stereocenters. The van der Waals surface area contributed by atoms with Crippen LogP contribution < -0.4 is 5.73 Å². The fourth-order valence-corrected chi connectivity index (χ4v) is 3.83. The molecule has 23 heavy (non-hydrogen) atoms. The van der Waals surface area contributed by atoms with Gasteiger partial charge in [0.15, 0.2) is 0 Å². The van der Waals surface area contributed by atoms with Gasteiger partial charge in [0.25, 0.3) is 0 Å². The lowest BCUT2D eigenvalue weighted by Gasteiger charge is -2.35. The first-order valence-corrected chi connectivity index (χ1v) is 8.87. The Morgan fingerprint density at radius 1 is 1.09 bits per heavy atom. The number of carbonyl (C=O) groups excluding carboxylic acids is 1. The van der Waals surface area contributed by atoms with Crippen molar-refractivity contribution in [2.75, 3.05) is 26.2 Å². The zero-order chi connectivity index (χ0) is 16.3. The van der Waals surface area contributed by atoms with E-state index < -0.39 is 16.1 Å². The maximum atomic E-state index is 12.5. The lowest BCUT2D eigenvalue weighted by atomic mass is 10.0. The van der Waals surface area contributed by atoms with E-state index in [0.29, 0.717) is 26.2 Å². The van der Waals surface area contributed by atoms with E-state index in [4.69, 9.17) is 5.73 Å². The first kappa shape index (κ1) is 19.9. The van der Waals surface area contributed by atoms with Crippen LogP contribution in [0.25, 0.3) is 0 Å². The third-order valence-corrected chi connectivity index (χ3v) is 5.85. The summed E-state index contributed by atoms with van der Waals surface area (Å²) in [5.41, 5.74) is 5.88. The highest BCUT2D eigenvalue weighted by atomic mass is 35.5. The predicted octanol–water partition coefficient (Wildman–Crippen LogP) is 0.925. The van der Waals surface area contributed by atoms with Crippen molar-refractivity contribution in [3.8, 4) is 0 Å². The molecule has 1 aromatic carbocycles. The van der Waals surface area contributed by atoms with Crippen molar-refractivity contribution in [2.24, 2.45) is 11.7 Å². The van der Waals surface area contributed by atoms with Crippen LogP contribution in [-0.4, -0.2) is 55.8 Å². The number of halogens is 1. The quantitative estimate of drug-likeness (QED) is 0.864. The Kier molecular flexibility index (Phi) is 7.01. The molecular weight excluding hydrogens is 338 g/mol. The number of rotatable bonds is 4. The molecule has 130 valence electrons. The van der Waals surface area contributed by atoms with E-state index in [2.05, 4.69) is 0 Å². The van der Waals surface area contributed by atoms with E-state index in [1.807, 2.05) is 13.8 Å². The smallest absolute Gasteiger partial charge is 0.243 e. The highest BCUT2D eigenvalue weighted by Gasteiger charge is 2.32. The van der Waals surface area contributed by atoms with Crippen molar-refractivity contribution in [1.29, 1.82) is 0 Å². The van der Waals surface area contributed by atoms with E-state index in [-0.39, 0.29) is 29.1 Å². The van der Waals surface area contributed by atoms with Crippen molar-refractivity contribution >= 4 is 28.3 Å². The van der Waals surface area contributed by atoms with Gasteiger partial charge in [-0.3, -0.25) is 4.79 Å². The molecular formula is C15H24ClN3O3S. The standard InChI is InChI=1S/C15H23N3O3S.ClH/c1-12(2)14(16)15(19)17-8-10-18(11-9-17)22(20,21)13-6-4-3-5-7-13;/h3-7,12,14H,8-11,16H2,1-2H3;1H. The van der Waals surface area contributed by atoms with Crippen LogP contribution >= 0.6 is 12.4 Å². The molecule has 0 aromatic heterocycles. The molecule has 0 saturated carbocycles. The summed E-state index contributed by atoms with van der Waals surface area (Å²) in [7, 11) is -3.48. The summed E-state index contributed by atoms with van der Waals surface area (Å²) in [4.78, 5) is 14.1. The van der Waals surface area contributed by atoms with Gasteiger partial charge in [-0.15, -0.1) is 12.4 Å². The number of nitrogens with zero attached hydrogens (tertiary/aromatic N) is 2. The lowest BCUT2D eigenvalue weighted by molar-refractivity contribution is -0.134. The number of carbonyl (C=O) groups is 1. The highest BCUT2D eigenvalue weighted by Crippen LogP contribution is 2.17. The predicted molar refractivity (Wildman–Crippen MR) is 91.8 cm³/mol. The molecule has 1 fully saturated rings. The van der Waals surface area contributed by atoms with Crippen molar-refractivity contribution in [3.05, 3.63) is 30.3 Å². The van der Waals surface area contributed by atoms with Crippen LogP contribution in [0, 0.1) is 5.92 Å². The van der Waals surface area contributed by atoms with Crippen LogP contribution in [0.5, 0.6) is 0 Å². The number of benzene rings is 1. The maximum absolute atomic E-state index is 12.5. The highest BCUT2D eigenvalue weighted by molar-refractivity contribution is 7.89. The molecule has 6 nitrogen and oxygen atoms in total. The molecule has 1 heterocycles. The number of hydrogen-bond donors (Lipinski definition) is 1. The van der Waals surface area contributed by atoms with Crippen molar-refractivity contribution in [3.63, 3.8) is 0 Å². The van der Waals surface area contributed by atoms with E-state index in [1.54, 1.807) is 35.2 Å². The monoisotopic (exact) mass is 361 g/mol. The van der Waals surface area contributed by atoms with E-state index >= 15 is 0 Å². The van der Waals surface area contributed by atoms with Gasteiger partial charge in [-0.05, 0) is 18.1 Å². The topological polar surface area (TPSA) is 83.7 Å². The number of nitrogens with two attached hydrogens (primary N) is 1. The molecule has 1 aliphatic heterocycles. The van der Waals surface area contributed by atoms with Gasteiger partial charge in [0, 0.05) is 26.2 Å². The fourth-order valence-electron chi connectivity index (χ4n) is 2.39. The summed E-state index contributed by atoms with van der Waals surface area (Å²) >= 11 is 0. The van der Waals surface area contributed by atoms with Gasteiger partial charge in [-0.25, -0.2) is 8.42 Å². The second-order valence-electron chi connectivity index (χ2n) is 5.81. The summed E-state index contributed by atoms with van der Waals surface area (Å²) in [5, 5.41) is 0. The second kappa shape index (κ2) is 8.10. The van der Waals surface area contributed by atoms with Crippen molar-refractivity contribution in [1.82, 2.24) is 9.21 Å². The summed E-state index contributed by atoms with van der Waals surface area (Å²) in [5.74, 6) is -0.0367. The van der Waals surface area contributed by atoms with Crippen molar-refractivity contribution in [2.45, 2.75) is 24.8 Å².